The fourth-order valence-corrected chi connectivity index (χ4v) is 17.2. The predicted octanol–water partition coefficient (Wildman–Crippen LogP) is 26.4. The van der Waals surface area contributed by atoms with Crippen molar-refractivity contribution in [1.29, 1.82) is 0 Å². The van der Waals surface area contributed by atoms with Gasteiger partial charge < -0.3 is 24.2 Å². The minimum absolute atomic E-state index is 0.448. The lowest BCUT2D eigenvalue weighted by molar-refractivity contribution is 1.16. The number of hydrogen-bond acceptors (Lipinski definition) is 4. The van der Waals surface area contributed by atoms with Gasteiger partial charge in [0, 0.05) is 84.3 Å². The fourth-order valence-electron chi connectivity index (χ4n) is 17.2. The molecule has 2 aliphatic heterocycles. The van der Waals surface area contributed by atoms with E-state index in [2.05, 4.69) is 442 Å². The molecule has 2 aliphatic rings. The van der Waals surface area contributed by atoms with Crippen molar-refractivity contribution in [1.82, 2.24) is 4.57 Å². The zero-order valence-electron chi connectivity index (χ0n) is 60.1. The Morgan fingerprint density at radius 2 is 0.564 bits per heavy atom. The van der Waals surface area contributed by atoms with Crippen LogP contribution < -0.4 is 36.0 Å². The summed E-state index contributed by atoms with van der Waals surface area (Å²) in [5, 5.41) is 2.06. The maximum absolute atomic E-state index is 8.43. The van der Waals surface area contributed by atoms with Crippen molar-refractivity contribution in [2.24, 2.45) is 0 Å². The Labute approximate surface area is 641 Å². The molecule has 0 N–H and O–H groups in total. The largest absolute Gasteiger partial charge is 0.310 e. The Kier molecular flexibility index (Phi) is 16.3. The van der Waals surface area contributed by atoms with Gasteiger partial charge >= 0.3 is 0 Å². The van der Waals surface area contributed by atoms with Crippen molar-refractivity contribution in [3.05, 3.63) is 430 Å². The Bertz CT molecular complexity index is 5990. The van der Waals surface area contributed by atoms with Gasteiger partial charge in [-0.25, -0.2) is 4.85 Å². The van der Waals surface area contributed by atoms with Crippen LogP contribution in [0.4, 0.5) is 73.9 Å². The van der Waals surface area contributed by atoms with Crippen LogP contribution in [0, 0.1) is 6.57 Å². The van der Waals surface area contributed by atoms with Crippen LogP contribution >= 0.6 is 0 Å². The highest BCUT2D eigenvalue weighted by molar-refractivity contribution is 7.00. The van der Waals surface area contributed by atoms with Crippen molar-refractivity contribution < 1.29 is 0 Å². The van der Waals surface area contributed by atoms with E-state index in [0.29, 0.717) is 5.69 Å². The summed E-state index contributed by atoms with van der Waals surface area (Å²) >= 11 is 0. The van der Waals surface area contributed by atoms with Gasteiger partial charge in [-0.05, 0) is 146 Å². The van der Waals surface area contributed by atoms with Crippen molar-refractivity contribution in [3.63, 3.8) is 0 Å². The molecule has 0 fully saturated rings. The first-order chi connectivity index (χ1) is 54.6. The summed E-state index contributed by atoms with van der Waals surface area (Å²) in [4.78, 5) is 14.3. The standard InChI is InChI=1S/C103H69BN6/c1-105-77-62-63-94-90(64-77)87-56-32-33-61-93(87)108(94)82-65-99-101-100(66-82)110(103-85(73-40-16-4-17-41-73)59-35-60-86(103)74-42-18-5-19-43-74)98-70-96(107(80-52-28-10-29-53-80)81-54-30-11-31-55-81)89(76-46-22-7-23-47-76)68-92(98)104(101)91-67-88(75-44-20-6-21-45-75)95(106(78-48-24-8-25-49-78)79-50-26-9-27-51-79)69-97(91)109(99)102-83(71-36-12-2-13-37-71)57-34-58-84(102)72-38-14-3-15-39-72/h2-70H. The van der Waals surface area contributed by atoms with Crippen LogP contribution in [0.25, 0.3) is 99.1 Å². The average Bonchev–Trinajstić information content (AvgIpc) is 0.797. The molecule has 0 saturated carbocycles. The minimum atomic E-state index is -0.448. The lowest BCUT2D eigenvalue weighted by Crippen LogP contribution is -2.61. The summed E-state index contributed by atoms with van der Waals surface area (Å²) in [7, 11) is 0. The van der Waals surface area contributed by atoms with Gasteiger partial charge in [0.15, 0.2) is 5.69 Å². The SMILES string of the molecule is [C-]#[N+]c1ccc2c(c1)c1ccccc1n2-c1cc2c3c(c1)N(c1c(-c4ccccc4)cccc1-c1ccccc1)c1cc(N(c4ccccc4)c4ccccc4)c(-c4ccccc4)cc1B3c1cc(-c3ccccc3)c(N(c3ccccc3)c3ccccc3)cc1N2c1c(-c2ccccc2)cccc1-c1ccccc1. The molecule has 0 atom stereocenters. The number of aromatic nitrogens is 1. The zero-order chi connectivity index (χ0) is 73.0. The highest BCUT2D eigenvalue weighted by Crippen LogP contribution is 2.57. The Balaban J connectivity index is 1.03. The van der Waals surface area contributed by atoms with Gasteiger partial charge in [-0.1, -0.05) is 328 Å². The normalized spacial score (nSPS) is 11.9. The summed E-state index contributed by atoms with van der Waals surface area (Å²) in [5.74, 6) is 0. The van der Waals surface area contributed by atoms with Crippen LogP contribution in [0.5, 0.6) is 0 Å². The maximum atomic E-state index is 8.43. The van der Waals surface area contributed by atoms with Crippen LogP contribution in [0.2, 0.25) is 0 Å². The van der Waals surface area contributed by atoms with E-state index >= 15 is 0 Å². The van der Waals surface area contributed by atoms with Gasteiger partial charge in [0.25, 0.3) is 6.71 Å². The van der Waals surface area contributed by atoms with Crippen molar-refractivity contribution >= 4 is 119 Å². The molecule has 0 unspecified atom stereocenters. The highest BCUT2D eigenvalue weighted by atomic mass is 15.2. The fraction of sp³-hybridized carbons (Fsp3) is 0. The van der Waals surface area contributed by atoms with Crippen LogP contribution in [0.15, 0.2) is 419 Å². The van der Waals surface area contributed by atoms with Crippen molar-refractivity contribution in [2.75, 3.05) is 19.6 Å². The minimum Gasteiger partial charge on any atom is -0.310 e. The molecular weight excluding hydrogens is 1330 g/mol. The lowest BCUT2D eigenvalue weighted by Gasteiger charge is -2.47. The van der Waals surface area contributed by atoms with Crippen molar-refractivity contribution in [3.8, 4) is 72.4 Å². The molecule has 0 bridgehead atoms. The molecule has 514 valence electrons. The third-order valence-corrected chi connectivity index (χ3v) is 21.9. The number of nitrogens with zero attached hydrogens (tertiary/aromatic N) is 6. The Hall–Kier alpha value is -14.7. The second-order valence-electron chi connectivity index (χ2n) is 28.1. The van der Waals surface area contributed by atoms with Crippen LogP contribution in [0.3, 0.4) is 0 Å². The van der Waals surface area contributed by atoms with E-state index < -0.39 is 6.71 Å². The molecule has 18 aromatic rings. The third-order valence-electron chi connectivity index (χ3n) is 21.9. The molecule has 7 heteroatoms. The van der Waals surface area contributed by atoms with Crippen LogP contribution in [-0.2, 0) is 0 Å². The number of anilines is 12. The average molecular weight is 1400 g/mol. The molecule has 17 aromatic carbocycles. The van der Waals surface area contributed by atoms with E-state index in [1.54, 1.807) is 0 Å². The lowest BCUT2D eigenvalue weighted by atomic mass is 9.33. The molecule has 0 spiro atoms. The molecule has 0 aliphatic carbocycles. The summed E-state index contributed by atoms with van der Waals surface area (Å²) in [6.45, 7) is 7.98. The van der Waals surface area contributed by atoms with E-state index in [0.717, 1.165) is 179 Å². The van der Waals surface area contributed by atoms with Gasteiger partial charge in [0.1, 0.15) is 0 Å². The molecule has 110 heavy (non-hydrogen) atoms. The smallest absolute Gasteiger partial charge is 0.252 e. The number of benzene rings is 17. The maximum Gasteiger partial charge on any atom is 0.252 e. The first-order valence-corrected chi connectivity index (χ1v) is 37.5. The second kappa shape index (κ2) is 27.6. The van der Waals surface area contributed by atoms with Gasteiger partial charge in [0.05, 0.1) is 46.0 Å². The van der Waals surface area contributed by atoms with Gasteiger partial charge in [-0.3, -0.25) is 0 Å². The van der Waals surface area contributed by atoms with Gasteiger partial charge in [-0.2, -0.15) is 0 Å². The first kappa shape index (κ1) is 64.9. The molecule has 20 rings (SSSR count). The summed E-state index contributed by atoms with van der Waals surface area (Å²) in [5.41, 5.74) is 32.2. The van der Waals surface area contributed by atoms with E-state index in [4.69, 9.17) is 6.57 Å². The molecule has 3 heterocycles. The number of rotatable bonds is 15. The van der Waals surface area contributed by atoms with Crippen molar-refractivity contribution in [2.45, 2.75) is 0 Å². The predicted molar refractivity (Wildman–Crippen MR) is 463 cm³/mol. The molecule has 0 radical (unpaired) electrons. The summed E-state index contributed by atoms with van der Waals surface area (Å²) < 4.78 is 2.46. The molecule has 0 amide bonds. The summed E-state index contributed by atoms with van der Waals surface area (Å²) in [6, 6.07) is 153. The number of fused-ring (bicyclic) bond motifs is 7. The third kappa shape index (κ3) is 11.1. The number of para-hydroxylation sites is 7. The van der Waals surface area contributed by atoms with Gasteiger partial charge in [-0.15, -0.1) is 0 Å². The monoisotopic (exact) mass is 1400 g/mol. The van der Waals surface area contributed by atoms with Crippen LogP contribution in [0.1, 0.15) is 0 Å². The first-order valence-electron chi connectivity index (χ1n) is 37.5. The van der Waals surface area contributed by atoms with Gasteiger partial charge in [0.2, 0.25) is 0 Å². The molecule has 0 saturated heterocycles. The quantitative estimate of drug-likeness (QED) is 0.0753. The molecule has 1 aromatic heterocycles. The van der Waals surface area contributed by atoms with E-state index in [1.807, 2.05) is 6.07 Å². The Morgan fingerprint density at radius 3 is 0.909 bits per heavy atom. The zero-order valence-corrected chi connectivity index (χ0v) is 60.1. The highest BCUT2D eigenvalue weighted by Gasteiger charge is 2.47. The molecule has 6 nitrogen and oxygen atoms in total. The van der Waals surface area contributed by atoms with E-state index in [9.17, 15) is 0 Å². The molecular formula is C103H69BN6. The second-order valence-corrected chi connectivity index (χ2v) is 28.1. The topological polar surface area (TPSA) is 22.2 Å². The van der Waals surface area contributed by atoms with E-state index in [1.165, 1.54) is 0 Å². The Morgan fingerprint density at radius 1 is 0.255 bits per heavy atom. The summed E-state index contributed by atoms with van der Waals surface area (Å²) in [6.07, 6.45) is 0. The van der Waals surface area contributed by atoms with Crippen LogP contribution in [-0.4, -0.2) is 11.3 Å². The number of hydrogen-bond donors (Lipinski definition) is 0. The van der Waals surface area contributed by atoms with E-state index in [-0.39, 0.29) is 0 Å².